The lowest BCUT2D eigenvalue weighted by Gasteiger charge is -2.34. The molecule has 1 unspecified atom stereocenters. The first-order valence-electron chi connectivity index (χ1n) is 9.78. The molecule has 9 heteroatoms. The number of phosphoric acid groups is 1. The van der Waals surface area contributed by atoms with Gasteiger partial charge in [-0.05, 0) is 25.8 Å². The second-order valence-electron chi connectivity index (χ2n) is 6.88. The Hall–Kier alpha value is -0.760. The van der Waals surface area contributed by atoms with Crippen LogP contribution in [0.15, 0.2) is 30.3 Å². The van der Waals surface area contributed by atoms with Crippen LogP contribution in [0.1, 0.15) is 78.3 Å². The van der Waals surface area contributed by atoms with Gasteiger partial charge in [-0.1, -0.05) is 76.8 Å². The zero-order valence-corrected chi connectivity index (χ0v) is 19.3. The predicted octanol–water partition coefficient (Wildman–Crippen LogP) is 4.53. The Kier molecular flexibility index (Phi) is 12.4. The number of nitrogens with one attached hydrogen (secondary N) is 1. The zero-order chi connectivity index (χ0) is 21.8. The number of phosphoric ester groups is 1. The minimum atomic E-state index is -4.80. The third-order valence-electron chi connectivity index (χ3n) is 4.00. The lowest BCUT2D eigenvalue weighted by molar-refractivity contribution is 0.0376. The van der Waals surface area contributed by atoms with Crippen LogP contribution in [-0.4, -0.2) is 29.6 Å². The second-order valence-corrected chi connectivity index (χ2v) is 9.92. The summed E-state index contributed by atoms with van der Waals surface area (Å²) in [7, 11) is -8.43. The third kappa shape index (κ3) is 11.3. The number of hydrogen-bond acceptors (Lipinski definition) is 4. The van der Waals surface area contributed by atoms with Crippen LogP contribution in [0.25, 0.3) is 0 Å². The van der Waals surface area contributed by atoms with Crippen molar-refractivity contribution in [2.24, 2.45) is 0 Å². The van der Waals surface area contributed by atoms with Crippen molar-refractivity contribution < 1.29 is 27.3 Å². The van der Waals surface area contributed by atoms with E-state index in [9.17, 15) is 22.8 Å². The summed E-state index contributed by atoms with van der Waals surface area (Å²) in [4.78, 5) is 18.4. The maximum Gasteiger partial charge on any atom is 0.470 e. The van der Waals surface area contributed by atoms with Crippen molar-refractivity contribution in [1.29, 1.82) is 0 Å². The van der Waals surface area contributed by atoms with E-state index in [1.165, 1.54) is 13.8 Å². The molecule has 0 amide bonds. The fourth-order valence-electron chi connectivity index (χ4n) is 2.75. The smallest absolute Gasteiger partial charge is 0.303 e. The van der Waals surface area contributed by atoms with Gasteiger partial charge in [-0.15, -0.1) is 0 Å². The molecular weight excluding hydrogens is 401 g/mol. The molecule has 0 radical (unpaired) electrons. The summed E-state index contributed by atoms with van der Waals surface area (Å²) in [6.07, 6.45) is 4.50. The Labute approximate surface area is 170 Å². The molecule has 0 spiro atoms. The van der Waals surface area contributed by atoms with Gasteiger partial charge in [-0.25, -0.2) is 17.7 Å². The van der Waals surface area contributed by atoms with E-state index in [0.717, 1.165) is 25.7 Å². The lowest BCUT2D eigenvalue weighted by Crippen LogP contribution is -2.44. The van der Waals surface area contributed by atoms with Crippen LogP contribution in [0.5, 0.6) is 0 Å². The molecule has 0 bridgehead atoms. The van der Waals surface area contributed by atoms with Crippen LogP contribution in [0.2, 0.25) is 0 Å². The highest BCUT2D eigenvalue weighted by Crippen LogP contribution is 2.45. The summed E-state index contributed by atoms with van der Waals surface area (Å²) in [5, 5.41) is 0. The highest BCUT2D eigenvalue weighted by Gasteiger charge is 2.39. The molecule has 0 aliphatic rings. The third-order valence-corrected chi connectivity index (χ3v) is 6.13. The van der Waals surface area contributed by atoms with Crippen LogP contribution in [-0.2, 0) is 19.1 Å². The van der Waals surface area contributed by atoms with Gasteiger partial charge >= 0.3 is 7.82 Å². The summed E-state index contributed by atoms with van der Waals surface area (Å²) in [6, 6.07) is 7.69. The van der Waals surface area contributed by atoms with E-state index >= 15 is 0 Å². The van der Waals surface area contributed by atoms with Gasteiger partial charge in [-0.2, -0.15) is 0 Å². The Morgan fingerprint density at radius 1 is 1.07 bits per heavy atom. The molecule has 0 aromatic heterocycles. The molecule has 7 nitrogen and oxygen atoms in total. The summed E-state index contributed by atoms with van der Waals surface area (Å²) < 4.78 is 43.8. The van der Waals surface area contributed by atoms with Crippen LogP contribution in [0.3, 0.4) is 0 Å². The van der Waals surface area contributed by atoms with Crippen LogP contribution in [0.4, 0.5) is 0 Å². The van der Waals surface area contributed by atoms with E-state index in [0.29, 0.717) is 12.0 Å². The van der Waals surface area contributed by atoms with E-state index in [1.807, 2.05) is 13.8 Å². The van der Waals surface area contributed by atoms with Crippen molar-refractivity contribution in [3.05, 3.63) is 35.9 Å². The first-order chi connectivity index (χ1) is 13.0. The molecule has 1 rings (SSSR count). The number of sulfonamides is 1. The summed E-state index contributed by atoms with van der Waals surface area (Å²) >= 11 is 0. The number of rotatable bonds is 12. The molecule has 0 fully saturated rings. The largest absolute Gasteiger partial charge is 0.470 e. The topological polar surface area (TPSA) is 113 Å². The first-order valence-corrected chi connectivity index (χ1v) is 13.0. The van der Waals surface area contributed by atoms with E-state index in [1.54, 1.807) is 30.3 Å². The van der Waals surface area contributed by atoms with E-state index in [-0.39, 0.29) is 5.75 Å². The van der Waals surface area contributed by atoms with Crippen LogP contribution in [0, 0.1) is 0 Å². The Bertz CT molecular complexity index is 688. The average Bonchev–Trinajstić information content (AvgIpc) is 2.60. The number of hydrogen-bond donors (Lipinski definition) is 3. The Morgan fingerprint density at radius 2 is 1.61 bits per heavy atom. The highest BCUT2D eigenvalue weighted by atomic mass is 32.2. The predicted molar refractivity (Wildman–Crippen MR) is 113 cm³/mol. The van der Waals surface area contributed by atoms with Crippen molar-refractivity contribution in [2.45, 2.75) is 78.4 Å². The molecule has 0 saturated carbocycles. The molecule has 164 valence electrons. The van der Waals surface area contributed by atoms with Gasteiger partial charge in [-0.3, -0.25) is 4.52 Å². The first kappa shape index (κ1) is 27.2. The second kappa shape index (κ2) is 12.7. The average molecular weight is 438 g/mol. The molecule has 28 heavy (non-hydrogen) atoms. The van der Waals surface area contributed by atoms with Gasteiger partial charge < -0.3 is 9.79 Å². The zero-order valence-electron chi connectivity index (χ0n) is 17.6. The quantitative estimate of drug-likeness (QED) is 0.327. The van der Waals surface area contributed by atoms with E-state index in [2.05, 4.69) is 11.6 Å². The highest BCUT2D eigenvalue weighted by molar-refractivity contribution is 7.89. The summed E-state index contributed by atoms with van der Waals surface area (Å²) in [5.74, 6) is -0.0357. The molecule has 3 N–H and O–H groups in total. The fourth-order valence-corrected chi connectivity index (χ4v) is 4.95. The minimum absolute atomic E-state index is 0.0357. The van der Waals surface area contributed by atoms with Gasteiger partial charge in [0.05, 0.1) is 17.4 Å². The van der Waals surface area contributed by atoms with Crippen LogP contribution < -0.4 is 4.72 Å². The maximum absolute atomic E-state index is 12.5. The Balaban J connectivity index is 0.00000352. The summed E-state index contributed by atoms with van der Waals surface area (Å²) in [5.41, 5.74) is -0.879. The van der Waals surface area contributed by atoms with Gasteiger partial charge in [0.1, 0.15) is 0 Å². The van der Waals surface area contributed by atoms with Crippen molar-refractivity contribution in [1.82, 2.24) is 4.72 Å². The van der Waals surface area contributed by atoms with Gasteiger partial charge in [0.25, 0.3) is 0 Å². The molecule has 0 aliphatic carbocycles. The number of benzene rings is 1. The van der Waals surface area contributed by atoms with Crippen molar-refractivity contribution in [3.8, 4) is 0 Å². The van der Waals surface area contributed by atoms with Crippen molar-refractivity contribution in [2.75, 3.05) is 5.75 Å². The maximum atomic E-state index is 12.5. The minimum Gasteiger partial charge on any atom is -0.303 e. The normalized spacial score (nSPS) is 13.5. The Morgan fingerprint density at radius 3 is 2.11 bits per heavy atom. The molecule has 1 aromatic rings. The van der Waals surface area contributed by atoms with Gasteiger partial charge in [0.15, 0.2) is 0 Å². The molecule has 0 saturated heterocycles. The van der Waals surface area contributed by atoms with Gasteiger partial charge in [0.2, 0.25) is 10.0 Å². The fraction of sp³-hybridized carbons (Fsp3) is 0.684. The molecule has 0 aliphatic heterocycles. The molecule has 0 heterocycles. The van der Waals surface area contributed by atoms with Crippen molar-refractivity contribution >= 4 is 17.8 Å². The monoisotopic (exact) mass is 437 g/mol. The summed E-state index contributed by atoms with van der Waals surface area (Å²) in [6.45, 7) is 8.99. The van der Waals surface area contributed by atoms with E-state index in [4.69, 9.17) is 4.52 Å². The van der Waals surface area contributed by atoms with E-state index < -0.39 is 29.5 Å². The molecular formula is C19H36NO6PS. The van der Waals surface area contributed by atoms with Gasteiger partial charge in [0, 0.05) is 0 Å². The standard InChI is InChI=1S/C17H30NO6PS.C2H6/c1-4-5-6-7-11-14-26(22,23)18-16(15-12-9-8-10-13-15)17(2,3)24-25(19,20)21;1-2/h8-10,12-13,16,18H,4-7,11,14H2,1-3H3,(H2,19,20,21);1-2H3. The molecule has 1 atom stereocenters. The molecule has 1 aromatic carbocycles. The van der Waals surface area contributed by atoms with Crippen molar-refractivity contribution in [3.63, 3.8) is 0 Å². The SMILES string of the molecule is CC.CCCCCCCS(=O)(=O)NC(c1ccccc1)C(C)(C)OP(=O)(O)O. The lowest BCUT2D eigenvalue weighted by atomic mass is 9.93. The van der Waals surface area contributed by atoms with Crippen LogP contribution >= 0.6 is 7.82 Å². The number of unbranched alkanes of at least 4 members (excludes halogenated alkanes) is 4.